The van der Waals surface area contributed by atoms with Crippen molar-refractivity contribution in [2.45, 2.75) is 26.7 Å². The van der Waals surface area contributed by atoms with Gasteiger partial charge in [-0.2, -0.15) is 0 Å². The monoisotopic (exact) mass is 190 g/mol. The largest absolute Gasteiger partial charge is 0.105 e. The van der Waals surface area contributed by atoms with Crippen LogP contribution in [0.1, 0.15) is 30.2 Å². The van der Waals surface area contributed by atoms with E-state index >= 15 is 0 Å². The fourth-order valence-electron chi connectivity index (χ4n) is 0.976. The molecule has 0 saturated carbocycles. The first-order valence-electron chi connectivity index (χ1n) is 3.22. The van der Waals surface area contributed by atoms with Crippen molar-refractivity contribution in [3.8, 4) is 0 Å². The number of hydrogen-bond donors (Lipinski definition) is 0. The van der Waals surface area contributed by atoms with Gasteiger partial charge in [-0.3, -0.25) is 0 Å². The molecule has 0 aliphatic carbocycles. The van der Waals surface area contributed by atoms with Gasteiger partial charge in [-0.1, -0.05) is 46.7 Å². The van der Waals surface area contributed by atoms with Crippen molar-refractivity contribution in [3.63, 3.8) is 0 Å². The molecule has 0 nitrogen and oxygen atoms in total. The second kappa shape index (κ2) is 3.11. The van der Waals surface area contributed by atoms with Crippen LogP contribution < -0.4 is 0 Å². The van der Waals surface area contributed by atoms with Crippen molar-refractivity contribution in [1.29, 1.82) is 0 Å². The van der Waals surface area contributed by atoms with E-state index in [9.17, 15) is 0 Å². The van der Waals surface area contributed by atoms with E-state index in [1.54, 1.807) is 20.7 Å². The third-order valence-corrected chi connectivity index (χ3v) is 4.63. The highest BCUT2D eigenvalue weighted by atomic mass is 32.9. The molecule has 1 aromatic heterocycles. The molecule has 0 fully saturated rings. The minimum absolute atomic E-state index is 0.593. The van der Waals surface area contributed by atoms with Crippen LogP contribution in [0, 0.1) is 10.7 Å². The number of aryl methyl sites for hydroxylation is 1. The van der Waals surface area contributed by atoms with Gasteiger partial charge in [-0.15, -0.1) is 0 Å². The van der Waals surface area contributed by atoms with Gasteiger partial charge in [0.25, 0.3) is 0 Å². The average molecular weight is 190 g/mol. The summed E-state index contributed by atoms with van der Waals surface area (Å²) in [6.45, 7) is 6.53. The second-order valence-electron chi connectivity index (χ2n) is 2.58. The summed E-state index contributed by atoms with van der Waals surface area (Å²) < 4.78 is 1.08. The van der Waals surface area contributed by atoms with E-state index in [0.717, 1.165) is 3.82 Å². The predicted octanol–water partition coefficient (Wildman–Crippen LogP) is 3.97. The first-order valence-corrected chi connectivity index (χ1v) is 5.78. The van der Waals surface area contributed by atoms with Gasteiger partial charge in [-0.25, -0.2) is 0 Å². The SMILES string of the molecule is Cc1ssc(=S)c1C(C)C. The molecule has 0 spiro atoms. The van der Waals surface area contributed by atoms with Crippen LogP contribution in [0.3, 0.4) is 0 Å². The molecular weight excluding hydrogens is 180 g/mol. The molecule has 1 heterocycles. The van der Waals surface area contributed by atoms with Crippen molar-refractivity contribution in [2.75, 3.05) is 0 Å². The minimum atomic E-state index is 0.593. The highest BCUT2D eigenvalue weighted by Gasteiger charge is 2.06. The first-order chi connectivity index (χ1) is 4.63. The first kappa shape index (κ1) is 8.37. The Kier molecular flexibility index (Phi) is 2.61. The Bertz CT molecular complexity index is 267. The van der Waals surface area contributed by atoms with Crippen molar-refractivity contribution >= 4 is 32.9 Å². The quantitative estimate of drug-likeness (QED) is 0.477. The molecular formula is C7H10S3. The summed E-state index contributed by atoms with van der Waals surface area (Å²) in [5, 5.41) is 0. The summed E-state index contributed by atoms with van der Waals surface area (Å²) in [5.41, 5.74) is 1.38. The standard InChI is InChI=1S/C7H10S3/c1-4(2)6-5(3)9-10-7(6)8/h4H,1-3H3. The molecule has 10 heavy (non-hydrogen) atoms. The van der Waals surface area contributed by atoms with Gasteiger partial charge in [0, 0.05) is 4.88 Å². The number of rotatable bonds is 1. The fourth-order valence-corrected chi connectivity index (χ4v) is 4.05. The Morgan fingerprint density at radius 1 is 1.30 bits per heavy atom. The lowest BCUT2D eigenvalue weighted by Gasteiger charge is -2.00. The van der Waals surface area contributed by atoms with Gasteiger partial charge in [0.2, 0.25) is 0 Å². The maximum atomic E-state index is 5.18. The van der Waals surface area contributed by atoms with Crippen LogP contribution >= 0.6 is 32.9 Å². The summed E-state index contributed by atoms with van der Waals surface area (Å²) in [6.07, 6.45) is 0. The Hall–Kier alpha value is 0.270. The van der Waals surface area contributed by atoms with Gasteiger partial charge >= 0.3 is 0 Å². The van der Waals surface area contributed by atoms with E-state index in [1.165, 1.54) is 10.4 Å². The molecule has 1 rings (SSSR count). The molecule has 0 unspecified atom stereocenters. The topological polar surface area (TPSA) is 0 Å². The molecule has 0 radical (unpaired) electrons. The lowest BCUT2D eigenvalue weighted by molar-refractivity contribution is 0.863. The van der Waals surface area contributed by atoms with Crippen molar-refractivity contribution < 1.29 is 0 Å². The summed E-state index contributed by atoms with van der Waals surface area (Å²) in [5.74, 6) is 0.593. The van der Waals surface area contributed by atoms with Crippen LogP contribution in [0.25, 0.3) is 0 Å². The molecule has 56 valence electrons. The summed E-state index contributed by atoms with van der Waals surface area (Å²) in [7, 11) is 3.51. The zero-order chi connectivity index (χ0) is 7.72. The Balaban J connectivity index is 3.23. The lowest BCUT2D eigenvalue weighted by Crippen LogP contribution is -1.85. The highest BCUT2D eigenvalue weighted by Crippen LogP contribution is 2.29. The Morgan fingerprint density at radius 3 is 2.10 bits per heavy atom. The molecule has 0 aromatic carbocycles. The van der Waals surface area contributed by atoms with Gasteiger partial charge in [0.1, 0.15) is 3.82 Å². The maximum absolute atomic E-state index is 5.18. The van der Waals surface area contributed by atoms with Crippen LogP contribution in [0.5, 0.6) is 0 Å². The van der Waals surface area contributed by atoms with E-state index in [2.05, 4.69) is 20.8 Å². The normalized spacial score (nSPS) is 10.8. The Morgan fingerprint density at radius 2 is 1.90 bits per heavy atom. The van der Waals surface area contributed by atoms with E-state index < -0.39 is 0 Å². The Labute approximate surface area is 73.9 Å². The van der Waals surface area contributed by atoms with Gasteiger partial charge < -0.3 is 0 Å². The van der Waals surface area contributed by atoms with Crippen molar-refractivity contribution in [2.24, 2.45) is 0 Å². The van der Waals surface area contributed by atoms with E-state index in [0.29, 0.717) is 5.92 Å². The molecule has 0 amide bonds. The van der Waals surface area contributed by atoms with Gasteiger partial charge in [-0.05, 0) is 18.4 Å². The third kappa shape index (κ3) is 1.47. The smallest absolute Gasteiger partial charge is 0.0837 e. The zero-order valence-corrected chi connectivity index (χ0v) is 8.75. The highest BCUT2D eigenvalue weighted by molar-refractivity contribution is 7.79. The molecule has 0 atom stereocenters. The zero-order valence-electron chi connectivity index (χ0n) is 6.30. The number of hydrogen-bond acceptors (Lipinski definition) is 3. The molecule has 0 bridgehead atoms. The van der Waals surface area contributed by atoms with Gasteiger partial charge in [0.05, 0.1) is 0 Å². The molecule has 0 aliphatic heterocycles. The fraction of sp³-hybridized carbons (Fsp3) is 0.571. The van der Waals surface area contributed by atoms with Crippen LogP contribution in [-0.2, 0) is 0 Å². The van der Waals surface area contributed by atoms with Crippen LogP contribution in [0.2, 0.25) is 0 Å². The van der Waals surface area contributed by atoms with Gasteiger partial charge in [0.15, 0.2) is 0 Å². The van der Waals surface area contributed by atoms with Crippen LogP contribution in [-0.4, -0.2) is 0 Å². The molecule has 0 saturated heterocycles. The summed E-state index contributed by atoms with van der Waals surface area (Å²) in [4.78, 5) is 1.39. The van der Waals surface area contributed by atoms with E-state index in [-0.39, 0.29) is 0 Å². The maximum Gasteiger partial charge on any atom is 0.105 e. The second-order valence-corrected chi connectivity index (χ2v) is 5.60. The van der Waals surface area contributed by atoms with E-state index in [1.807, 2.05) is 0 Å². The molecule has 1 aromatic rings. The van der Waals surface area contributed by atoms with Crippen molar-refractivity contribution in [1.82, 2.24) is 0 Å². The minimum Gasteiger partial charge on any atom is -0.0837 e. The van der Waals surface area contributed by atoms with Crippen LogP contribution in [0.4, 0.5) is 0 Å². The molecule has 0 aliphatic rings. The summed E-state index contributed by atoms with van der Waals surface area (Å²) in [6, 6.07) is 0. The van der Waals surface area contributed by atoms with E-state index in [4.69, 9.17) is 12.2 Å². The average Bonchev–Trinajstić information content (AvgIpc) is 2.11. The molecule has 3 heteroatoms. The molecule has 0 N–H and O–H groups in total. The third-order valence-electron chi connectivity index (χ3n) is 1.42. The van der Waals surface area contributed by atoms with Crippen LogP contribution in [0.15, 0.2) is 0 Å². The summed E-state index contributed by atoms with van der Waals surface area (Å²) >= 11 is 5.18. The lowest BCUT2D eigenvalue weighted by atomic mass is 10.1. The predicted molar refractivity (Wildman–Crippen MR) is 51.9 cm³/mol. The van der Waals surface area contributed by atoms with Crippen molar-refractivity contribution in [3.05, 3.63) is 14.3 Å².